The van der Waals surface area contributed by atoms with Gasteiger partial charge in [0.2, 0.25) is 10.0 Å². The number of benzene rings is 1. The largest absolute Gasteiger partial charge is 0.392 e. The molecule has 2 aliphatic carbocycles. The van der Waals surface area contributed by atoms with Gasteiger partial charge in [0.05, 0.1) is 18.0 Å². The maximum atomic E-state index is 12.8. The minimum absolute atomic E-state index is 0.0868. The summed E-state index contributed by atoms with van der Waals surface area (Å²) in [7, 11) is -3.64. The van der Waals surface area contributed by atoms with Crippen molar-refractivity contribution in [3.63, 3.8) is 0 Å². The van der Waals surface area contributed by atoms with E-state index >= 15 is 0 Å². The van der Waals surface area contributed by atoms with Gasteiger partial charge in [-0.05, 0) is 43.1 Å². The summed E-state index contributed by atoms with van der Waals surface area (Å²) in [4.78, 5) is 0. The first kappa shape index (κ1) is 18.8. The summed E-state index contributed by atoms with van der Waals surface area (Å²) in [5.74, 6) is 0.293. The molecule has 5 nitrogen and oxygen atoms in total. The van der Waals surface area contributed by atoms with Crippen molar-refractivity contribution < 1.29 is 18.6 Å². The van der Waals surface area contributed by atoms with E-state index in [2.05, 4.69) is 18.6 Å². The van der Waals surface area contributed by atoms with Crippen LogP contribution in [0.15, 0.2) is 30.3 Å². The summed E-state index contributed by atoms with van der Waals surface area (Å²) >= 11 is 0. The number of aliphatic hydroxyl groups excluding tert-OH is 2. The van der Waals surface area contributed by atoms with Crippen LogP contribution >= 0.6 is 0 Å². The van der Waals surface area contributed by atoms with Crippen LogP contribution in [0.1, 0.15) is 51.7 Å². The van der Waals surface area contributed by atoms with Crippen molar-refractivity contribution in [1.82, 2.24) is 4.72 Å². The van der Waals surface area contributed by atoms with Crippen LogP contribution in [0.2, 0.25) is 0 Å². The van der Waals surface area contributed by atoms with Gasteiger partial charge in [-0.25, -0.2) is 13.1 Å². The summed E-state index contributed by atoms with van der Waals surface area (Å²) in [6.45, 7) is 5.83. The highest BCUT2D eigenvalue weighted by molar-refractivity contribution is 7.89. The zero-order chi connectivity index (χ0) is 18.5. The molecule has 3 N–H and O–H groups in total. The molecule has 6 heteroatoms. The third kappa shape index (κ3) is 3.14. The van der Waals surface area contributed by atoms with Crippen LogP contribution in [-0.2, 0) is 10.0 Å². The molecule has 0 spiro atoms. The third-order valence-corrected chi connectivity index (χ3v) is 8.44. The van der Waals surface area contributed by atoms with E-state index in [1.54, 1.807) is 19.1 Å². The van der Waals surface area contributed by atoms with Crippen LogP contribution in [0.25, 0.3) is 0 Å². The molecule has 3 rings (SSSR count). The first-order valence-corrected chi connectivity index (χ1v) is 10.7. The Kier molecular flexibility index (Phi) is 4.77. The molecule has 2 aliphatic rings. The van der Waals surface area contributed by atoms with Crippen LogP contribution in [0.5, 0.6) is 0 Å². The van der Waals surface area contributed by atoms with E-state index in [4.69, 9.17) is 0 Å². The minimum atomic E-state index is -3.64. The molecule has 1 aromatic carbocycles. The first-order valence-electron chi connectivity index (χ1n) is 9.00. The molecule has 140 valence electrons. The number of fused-ring (bicyclic) bond motifs is 2. The molecular formula is C19H29NO4S. The van der Waals surface area contributed by atoms with E-state index in [9.17, 15) is 18.6 Å². The average molecular weight is 368 g/mol. The zero-order valence-electron chi connectivity index (χ0n) is 15.1. The normalized spacial score (nSPS) is 33.3. The fraction of sp³-hybridized carbons (Fsp3) is 0.684. The Morgan fingerprint density at radius 3 is 2.44 bits per heavy atom. The Bertz CT molecular complexity index is 718. The minimum Gasteiger partial charge on any atom is -0.392 e. The molecular weight excluding hydrogens is 338 g/mol. The van der Waals surface area contributed by atoms with Crippen molar-refractivity contribution in [3.05, 3.63) is 35.9 Å². The Morgan fingerprint density at radius 2 is 1.92 bits per heavy atom. The monoisotopic (exact) mass is 367 g/mol. The van der Waals surface area contributed by atoms with Crippen molar-refractivity contribution in [1.29, 1.82) is 0 Å². The number of aliphatic hydroxyl groups is 2. The van der Waals surface area contributed by atoms with Crippen molar-refractivity contribution >= 4 is 10.0 Å². The van der Waals surface area contributed by atoms with Gasteiger partial charge in [0.25, 0.3) is 0 Å². The van der Waals surface area contributed by atoms with Gasteiger partial charge in [0, 0.05) is 11.5 Å². The molecule has 2 fully saturated rings. The van der Waals surface area contributed by atoms with Crippen molar-refractivity contribution in [2.45, 2.75) is 58.3 Å². The van der Waals surface area contributed by atoms with Crippen LogP contribution in [0, 0.1) is 16.7 Å². The van der Waals surface area contributed by atoms with Gasteiger partial charge in [0.15, 0.2) is 0 Å². The lowest BCUT2D eigenvalue weighted by molar-refractivity contribution is 0.0150. The summed E-state index contributed by atoms with van der Waals surface area (Å²) in [5.41, 5.74) is -0.110. The fourth-order valence-corrected chi connectivity index (χ4v) is 7.21. The quantitative estimate of drug-likeness (QED) is 0.719. The first-order chi connectivity index (χ1) is 11.6. The molecule has 0 aromatic heterocycles. The predicted molar refractivity (Wildman–Crippen MR) is 97.3 cm³/mol. The van der Waals surface area contributed by atoms with Gasteiger partial charge in [-0.3, -0.25) is 0 Å². The van der Waals surface area contributed by atoms with E-state index in [-0.39, 0.29) is 11.2 Å². The second kappa shape index (κ2) is 6.34. The fourth-order valence-electron chi connectivity index (χ4n) is 5.05. The highest BCUT2D eigenvalue weighted by Crippen LogP contribution is 2.66. The average Bonchev–Trinajstić information content (AvgIpc) is 2.88. The second-order valence-corrected chi connectivity index (χ2v) is 10.1. The van der Waals surface area contributed by atoms with Crippen molar-refractivity contribution in [3.8, 4) is 0 Å². The summed E-state index contributed by atoms with van der Waals surface area (Å²) < 4.78 is 28.3. The van der Waals surface area contributed by atoms with Crippen LogP contribution < -0.4 is 4.72 Å². The molecule has 4 unspecified atom stereocenters. The maximum absolute atomic E-state index is 12.8. The van der Waals surface area contributed by atoms with E-state index in [0.717, 1.165) is 12.8 Å². The van der Waals surface area contributed by atoms with Crippen molar-refractivity contribution in [2.24, 2.45) is 16.7 Å². The van der Waals surface area contributed by atoms with Crippen LogP contribution in [-0.4, -0.2) is 36.5 Å². The molecule has 5 atom stereocenters. The van der Waals surface area contributed by atoms with Gasteiger partial charge in [-0.15, -0.1) is 0 Å². The van der Waals surface area contributed by atoms with Crippen molar-refractivity contribution in [2.75, 3.05) is 5.75 Å². The Balaban J connectivity index is 1.74. The lowest BCUT2D eigenvalue weighted by Crippen LogP contribution is -2.49. The van der Waals surface area contributed by atoms with Gasteiger partial charge in [0.1, 0.15) is 0 Å². The molecule has 25 heavy (non-hydrogen) atoms. The Hall–Kier alpha value is -0.950. The molecule has 0 heterocycles. The molecule has 0 radical (unpaired) electrons. The molecule has 0 aliphatic heterocycles. The summed E-state index contributed by atoms with van der Waals surface area (Å²) in [5, 5.41) is 21.0. The third-order valence-electron chi connectivity index (χ3n) is 6.82. The summed E-state index contributed by atoms with van der Waals surface area (Å²) in [6, 6.07) is 8.40. The number of hydrogen-bond donors (Lipinski definition) is 3. The van der Waals surface area contributed by atoms with Gasteiger partial charge < -0.3 is 10.2 Å². The molecule has 0 saturated heterocycles. The van der Waals surface area contributed by atoms with E-state index in [1.807, 2.05) is 18.2 Å². The number of rotatable bonds is 6. The van der Waals surface area contributed by atoms with E-state index < -0.39 is 33.7 Å². The predicted octanol–water partition coefficient (Wildman–Crippen LogP) is 2.22. The SMILES string of the molecule is CC(NS(=O)(=O)C[C@@]12CCC(CC1O)C2(C)C)C(O)c1ccccc1. The van der Waals surface area contributed by atoms with E-state index in [1.165, 1.54) is 0 Å². The Morgan fingerprint density at radius 1 is 1.28 bits per heavy atom. The van der Waals surface area contributed by atoms with Gasteiger partial charge in [-0.2, -0.15) is 0 Å². The zero-order valence-corrected chi connectivity index (χ0v) is 16.0. The highest BCUT2D eigenvalue weighted by atomic mass is 32.2. The van der Waals surface area contributed by atoms with E-state index in [0.29, 0.717) is 17.9 Å². The maximum Gasteiger partial charge on any atom is 0.212 e. The van der Waals surface area contributed by atoms with Crippen LogP contribution in [0.4, 0.5) is 0 Å². The molecule has 0 amide bonds. The number of nitrogens with one attached hydrogen (secondary N) is 1. The Labute approximate surface area is 150 Å². The number of sulfonamides is 1. The lowest BCUT2D eigenvalue weighted by Gasteiger charge is -2.40. The molecule has 2 saturated carbocycles. The topological polar surface area (TPSA) is 86.6 Å². The standard InChI is InChI=1S/C19H29NO4S/c1-13(17(22)14-7-5-4-6-8-14)20-25(23,24)12-19-10-9-15(11-16(19)21)18(19,2)3/h4-8,13,15-17,20-22H,9-12H2,1-3H3/t13?,15?,16?,17?,19-/m0/s1. The second-order valence-electron chi connectivity index (χ2n) is 8.39. The smallest absolute Gasteiger partial charge is 0.212 e. The number of hydrogen-bond acceptors (Lipinski definition) is 4. The molecule has 2 bridgehead atoms. The molecule has 1 aromatic rings. The van der Waals surface area contributed by atoms with Gasteiger partial charge >= 0.3 is 0 Å². The van der Waals surface area contributed by atoms with Crippen LogP contribution in [0.3, 0.4) is 0 Å². The highest BCUT2D eigenvalue weighted by Gasteiger charge is 2.65. The lowest BCUT2D eigenvalue weighted by atomic mass is 9.70. The summed E-state index contributed by atoms with van der Waals surface area (Å²) in [6.07, 6.45) is 0.910. The van der Waals surface area contributed by atoms with Gasteiger partial charge in [-0.1, -0.05) is 44.2 Å².